The highest BCUT2D eigenvalue weighted by atomic mass is 35.5. The number of nitrogens with one attached hydrogen (secondary N) is 2. The van der Waals surface area contributed by atoms with Crippen LogP contribution in [0, 0.1) is 12.3 Å². The molecule has 0 saturated carbocycles. The molecule has 0 spiro atoms. The number of hydrogen-bond donors (Lipinski definition) is 3. The molecule has 2 atom stereocenters. The Morgan fingerprint density at radius 1 is 1.50 bits per heavy atom. The molecule has 0 aliphatic carbocycles. The van der Waals surface area contributed by atoms with Crippen molar-refractivity contribution >= 4 is 34.1 Å². The summed E-state index contributed by atoms with van der Waals surface area (Å²) in [5, 5.41) is 17.2. The zero-order chi connectivity index (χ0) is 17.7. The number of benzene rings is 1. The van der Waals surface area contributed by atoms with Crippen LogP contribution in [-0.2, 0) is 5.41 Å². The Hall–Kier alpha value is -2.07. The third-order valence-electron chi connectivity index (χ3n) is 3.51. The van der Waals surface area contributed by atoms with Gasteiger partial charge < -0.3 is 10.4 Å². The molecule has 0 saturated heterocycles. The maximum absolute atomic E-state index is 11.7. The number of carbonyl (C=O) groups excluding carboxylic acids is 1. The number of thiazole rings is 1. The van der Waals surface area contributed by atoms with Gasteiger partial charge in [0.15, 0.2) is 5.13 Å². The summed E-state index contributed by atoms with van der Waals surface area (Å²) in [5.41, 5.74) is 0.838. The van der Waals surface area contributed by atoms with Crippen molar-refractivity contribution in [2.24, 2.45) is 0 Å². The molecule has 0 aliphatic rings. The number of hydrogen-bond acceptors (Lipinski definition) is 4. The van der Waals surface area contributed by atoms with Crippen molar-refractivity contribution in [2.45, 2.75) is 25.4 Å². The average Bonchev–Trinajstić information content (AvgIpc) is 3.02. The van der Waals surface area contributed by atoms with Gasteiger partial charge in [-0.05, 0) is 31.5 Å². The Morgan fingerprint density at radius 2 is 2.17 bits per heavy atom. The molecule has 1 heterocycles. The average molecular weight is 364 g/mol. The molecule has 2 rings (SSSR count). The topological polar surface area (TPSA) is 74.2 Å². The molecule has 0 bridgehead atoms. The molecule has 126 valence electrons. The molecule has 3 N–H and O–H groups in total. The van der Waals surface area contributed by atoms with Crippen molar-refractivity contribution in [3.05, 3.63) is 45.9 Å². The number of terminal acetylenes is 1. The lowest BCUT2D eigenvalue weighted by atomic mass is 9.81. The lowest BCUT2D eigenvalue weighted by Gasteiger charge is -2.22. The van der Waals surface area contributed by atoms with Gasteiger partial charge >= 0.3 is 6.03 Å². The highest BCUT2D eigenvalue weighted by molar-refractivity contribution is 7.14. The third-order valence-corrected chi connectivity index (χ3v) is 4.51. The number of amides is 2. The minimum Gasteiger partial charge on any atom is -0.392 e. The van der Waals surface area contributed by atoms with E-state index >= 15 is 0 Å². The molecule has 0 radical (unpaired) electrons. The van der Waals surface area contributed by atoms with Crippen LogP contribution in [0.5, 0.6) is 0 Å². The summed E-state index contributed by atoms with van der Waals surface area (Å²) in [6.07, 6.45) is 5.14. The smallest absolute Gasteiger partial charge is 0.321 e. The Kier molecular flexibility index (Phi) is 5.84. The van der Waals surface area contributed by atoms with Crippen molar-refractivity contribution in [3.63, 3.8) is 0 Å². The maximum Gasteiger partial charge on any atom is 0.321 e. The van der Waals surface area contributed by atoms with Crippen LogP contribution >= 0.6 is 22.9 Å². The number of aliphatic hydroxyl groups excluding tert-OH is 1. The van der Waals surface area contributed by atoms with Crippen LogP contribution in [0.2, 0.25) is 5.02 Å². The van der Waals surface area contributed by atoms with E-state index in [1.54, 1.807) is 19.1 Å². The molecular formula is C17H18ClN3O2S. The standard InChI is InChI=1S/C17H18ClN3O2S/c1-4-17(3,12-5-7-13(18)8-6-12)14-10-24-16(20-14)21-15(23)19-9-11(2)22/h1,5-8,10-11,22H,9H2,2-3H3,(H2,19,20,21,23)/t11?,17-/m1/s1. The van der Waals surface area contributed by atoms with Crippen molar-refractivity contribution in [1.82, 2.24) is 10.3 Å². The summed E-state index contributed by atoms with van der Waals surface area (Å²) in [6.45, 7) is 3.64. The van der Waals surface area contributed by atoms with Crippen LogP contribution in [0.3, 0.4) is 0 Å². The molecule has 1 aromatic heterocycles. The van der Waals surface area contributed by atoms with E-state index in [4.69, 9.17) is 23.1 Å². The van der Waals surface area contributed by atoms with Crippen LogP contribution in [-0.4, -0.2) is 28.8 Å². The second-order valence-corrected chi connectivity index (χ2v) is 6.79. The van der Waals surface area contributed by atoms with E-state index in [0.29, 0.717) is 15.8 Å². The van der Waals surface area contributed by atoms with Gasteiger partial charge in [0, 0.05) is 16.9 Å². The Balaban J connectivity index is 2.17. The number of aromatic nitrogens is 1. The second kappa shape index (κ2) is 7.67. The minimum atomic E-state index is -0.725. The normalized spacial score (nSPS) is 14.3. The second-order valence-electron chi connectivity index (χ2n) is 5.50. The van der Waals surface area contributed by atoms with Crippen molar-refractivity contribution in [3.8, 4) is 12.3 Å². The maximum atomic E-state index is 11.7. The van der Waals surface area contributed by atoms with E-state index in [9.17, 15) is 4.79 Å². The molecule has 24 heavy (non-hydrogen) atoms. The van der Waals surface area contributed by atoms with E-state index in [1.165, 1.54) is 11.3 Å². The van der Waals surface area contributed by atoms with Crippen LogP contribution < -0.4 is 10.6 Å². The number of halogens is 1. The van der Waals surface area contributed by atoms with Gasteiger partial charge in [-0.2, -0.15) is 0 Å². The van der Waals surface area contributed by atoms with E-state index in [1.807, 2.05) is 24.4 Å². The first-order valence-electron chi connectivity index (χ1n) is 7.28. The number of anilines is 1. The number of aliphatic hydroxyl groups is 1. The van der Waals surface area contributed by atoms with E-state index in [0.717, 1.165) is 5.56 Å². The zero-order valence-electron chi connectivity index (χ0n) is 13.3. The van der Waals surface area contributed by atoms with Crippen LogP contribution in [0.25, 0.3) is 0 Å². The zero-order valence-corrected chi connectivity index (χ0v) is 14.9. The molecule has 2 amide bonds. The summed E-state index contributed by atoms with van der Waals surface area (Å²) < 4.78 is 0. The van der Waals surface area contributed by atoms with Gasteiger partial charge in [-0.15, -0.1) is 17.8 Å². The fourth-order valence-electron chi connectivity index (χ4n) is 2.03. The first-order valence-corrected chi connectivity index (χ1v) is 8.53. The summed E-state index contributed by atoms with van der Waals surface area (Å²) in [6, 6.07) is 6.86. The monoisotopic (exact) mass is 363 g/mol. The summed E-state index contributed by atoms with van der Waals surface area (Å²) in [5.74, 6) is 2.78. The SMILES string of the molecule is C#C[C@](C)(c1ccc(Cl)cc1)c1csc(NC(=O)NCC(C)O)n1. The molecule has 2 aromatic rings. The lowest BCUT2D eigenvalue weighted by molar-refractivity contribution is 0.190. The first-order chi connectivity index (χ1) is 11.3. The molecule has 7 heteroatoms. The predicted molar refractivity (Wildman–Crippen MR) is 97.6 cm³/mol. The number of carbonyl (C=O) groups is 1. The number of rotatable bonds is 5. The van der Waals surface area contributed by atoms with E-state index in [-0.39, 0.29) is 6.54 Å². The van der Waals surface area contributed by atoms with Gasteiger partial charge in [0.1, 0.15) is 0 Å². The molecule has 0 aliphatic heterocycles. The molecule has 1 unspecified atom stereocenters. The Labute approximate surface area is 150 Å². The number of urea groups is 1. The highest BCUT2D eigenvalue weighted by Crippen LogP contribution is 2.33. The van der Waals surface area contributed by atoms with Gasteiger partial charge in [0.05, 0.1) is 17.2 Å². The number of nitrogens with zero attached hydrogens (tertiary/aromatic N) is 1. The molecular weight excluding hydrogens is 346 g/mol. The predicted octanol–water partition coefficient (Wildman–Crippen LogP) is 3.24. The lowest BCUT2D eigenvalue weighted by Crippen LogP contribution is -2.34. The van der Waals surface area contributed by atoms with Crippen LogP contribution in [0.4, 0.5) is 9.93 Å². The van der Waals surface area contributed by atoms with E-state index < -0.39 is 17.6 Å². The van der Waals surface area contributed by atoms with Crippen molar-refractivity contribution in [1.29, 1.82) is 0 Å². The third kappa shape index (κ3) is 4.26. The summed E-state index contributed by atoms with van der Waals surface area (Å²) in [7, 11) is 0. The highest BCUT2D eigenvalue weighted by Gasteiger charge is 2.29. The fraction of sp³-hybridized carbons (Fsp3) is 0.294. The molecule has 1 aromatic carbocycles. The van der Waals surface area contributed by atoms with Crippen molar-refractivity contribution < 1.29 is 9.90 Å². The summed E-state index contributed by atoms with van der Waals surface area (Å²) >= 11 is 7.21. The van der Waals surface area contributed by atoms with Crippen LogP contribution in [0.1, 0.15) is 25.1 Å². The molecule has 0 fully saturated rings. The van der Waals surface area contributed by atoms with Gasteiger partial charge in [0.2, 0.25) is 0 Å². The Bertz CT molecular complexity index is 752. The van der Waals surface area contributed by atoms with Crippen molar-refractivity contribution in [2.75, 3.05) is 11.9 Å². The molecule has 5 nitrogen and oxygen atoms in total. The first kappa shape index (κ1) is 18.3. The quantitative estimate of drug-likeness (QED) is 0.714. The minimum absolute atomic E-state index is 0.164. The summed E-state index contributed by atoms with van der Waals surface area (Å²) in [4.78, 5) is 16.2. The van der Waals surface area contributed by atoms with E-state index in [2.05, 4.69) is 21.5 Å². The van der Waals surface area contributed by atoms with Crippen LogP contribution in [0.15, 0.2) is 29.6 Å². The Morgan fingerprint density at radius 3 is 2.75 bits per heavy atom. The van der Waals surface area contributed by atoms with Gasteiger partial charge in [0.25, 0.3) is 0 Å². The largest absolute Gasteiger partial charge is 0.392 e. The van der Waals surface area contributed by atoms with Gasteiger partial charge in [-0.1, -0.05) is 29.7 Å². The van der Waals surface area contributed by atoms with Gasteiger partial charge in [-0.3, -0.25) is 5.32 Å². The fourth-order valence-corrected chi connectivity index (χ4v) is 2.97. The van der Waals surface area contributed by atoms with Gasteiger partial charge in [-0.25, -0.2) is 9.78 Å².